The number of rotatable bonds is 0. The minimum Gasteiger partial charge on any atom is -0.493 e. The molecule has 1 heterocycles. The molecule has 0 aromatic heterocycles. The molecule has 0 aliphatic carbocycles. The molecule has 0 saturated heterocycles. The summed E-state index contributed by atoms with van der Waals surface area (Å²) in [5.41, 5.74) is 2.46. The summed E-state index contributed by atoms with van der Waals surface area (Å²) in [6, 6.07) is 8.18. The molecular weight excluding hydrogens is 136 g/mol. The van der Waals surface area contributed by atoms with Crippen LogP contribution in [0, 0.1) is 6.92 Å². The van der Waals surface area contributed by atoms with Gasteiger partial charge in [0.05, 0.1) is 5.76 Å². The third-order valence-electron chi connectivity index (χ3n) is 1.78. The molecule has 1 nitrogen and oxygen atoms in total. The Balaban J connectivity index is 2.51. The fourth-order valence-corrected chi connectivity index (χ4v) is 1.19. The number of allylic oxidation sites excluding steroid dienone is 1. The third-order valence-corrected chi connectivity index (χ3v) is 1.78. The second-order valence-corrected chi connectivity index (χ2v) is 2.60. The van der Waals surface area contributed by atoms with Crippen molar-refractivity contribution < 1.29 is 4.74 Å². The van der Waals surface area contributed by atoms with Crippen LogP contribution in [0.4, 0.5) is 0 Å². The highest BCUT2D eigenvalue weighted by Crippen LogP contribution is 2.20. The van der Waals surface area contributed by atoms with Crippen LogP contribution in [0.3, 0.4) is 0 Å². The molecule has 0 spiro atoms. The highest BCUT2D eigenvalue weighted by atomic mass is 16.5. The summed E-state index contributed by atoms with van der Waals surface area (Å²) in [6.45, 7) is 4.39. The normalized spacial score (nSPS) is 14.8. The minimum absolute atomic E-state index is 0.658. The van der Waals surface area contributed by atoms with E-state index in [2.05, 4.69) is 19.1 Å². The number of fused-ring (bicyclic) bond motifs is 1. The van der Waals surface area contributed by atoms with Crippen molar-refractivity contribution in [1.29, 1.82) is 0 Å². The first-order valence-corrected chi connectivity index (χ1v) is 3.60. The molecule has 0 atom stereocenters. The maximum Gasteiger partial charge on any atom is 0.113 e. The molecule has 1 aromatic carbocycles. The first kappa shape index (κ1) is 6.47. The molecule has 0 fully saturated rings. The quantitative estimate of drug-likeness (QED) is 0.544. The summed E-state index contributed by atoms with van der Waals surface area (Å²) in [5, 5.41) is 0. The van der Waals surface area contributed by atoms with Crippen LogP contribution >= 0.6 is 0 Å². The van der Waals surface area contributed by atoms with Crippen LogP contribution in [-0.4, -0.2) is 0 Å². The molecule has 1 radical (unpaired) electrons. The number of hydrogen-bond donors (Lipinski definition) is 0. The largest absolute Gasteiger partial charge is 0.493 e. The Bertz CT molecular complexity index is 299. The van der Waals surface area contributed by atoms with Crippen molar-refractivity contribution in [1.82, 2.24) is 0 Å². The van der Waals surface area contributed by atoms with Crippen LogP contribution in [0.2, 0.25) is 0 Å². The number of benzene rings is 1. The predicted molar refractivity (Wildman–Crippen MR) is 44.6 cm³/mol. The molecule has 0 unspecified atom stereocenters. The van der Waals surface area contributed by atoms with E-state index >= 15 is 0 Å². The Hall–Kier alpha value is -1.24. The lowest BCUT2D eigenvalue weighted by Gasteiger charge is -2.14. The number of ether oxygens (including phenoxy) is 1. The molecule has 0 saturated carbocycles. The molecule has 0 amide bonds. The van der Waals surface area contributed by atoms with E-state index in [1.165, 1.54) is 11.1 Å². The molecule has 1 aromatic rings. The highest BCUT2D eigenvalue weighted by Gasteiger charge is 2.05. The topological polar surface area (TPSA) is 9.23 Å². The fraction of sp³-hybridized carbons (Fsp3) is 0.100. The van der Waals surface area contributed by atoms with Gasteiger partial charge in [-0.2, -0.15) is 0 Å². The van der Waals surface area contributed by atoms with Crippen LogP contribution in [0.1, 0.15) is 11.1 Å². The summed E-state index contributed by atoms with van der Waals surface area (Å²) in [7, 11) is 0. The highest BCUT2D eigenvalue weighted by molar-refractivity contribution is 5.57. The molecule has 55 valence electrons. The van der Waals surface area contributed by atoms with Gasteiger partial charge in [0.1, 0.15) is 6.61 Å². The van der Waals surface area contributed by atoms with Gasteiger partial charge in [-0.1, -0.05) is 24.3 Å². The summed E-state index contributed by atoms with van der Waals surface area (Å²) in [4.78, 5) is 0. The monoisotopic (exact) mass is 145 g/mol. The Labute approximate surface area is 66.3 Å². The number of hydrogen-bond acceptors (Lipinski definition) is 1. The summed E-state index contributed by atoms with van der Waals surface area (Å²) < 4.78 is 5.25. The average Bonchev–Trinajstić information content (AvgIpc) is 2.04. The second kappa shape index (κ2) is 2.42. The summed E-state index contributed by atoms with van der Waals surface area (Å²) in [6.07, 6.45) is 1.96. The van der Waals surface area contributed by atoms with Crippen LogP contribution in [-0.2, 0) is 11.3 Å². The van der Waals surface area contributed by atoms with Gasteiger partial charge in [0.15, 0.2) is 0 Å². The Morgan fingerprint density at radius 2 is 2.09 bits per heavy atom. The van der Waals surface area contributed by atoms with Crippen LogP contribution in [0.15, 0.2) is 30.0 Å². The van der Waals surface area contributed by atoms with Crippen LogP contribution in [0.5, 0.6) is 0 Å². The molecule has 0 N–H and O–H groups in total. The first-order valence-electron chi connectivity index (χ1n) is 3.60. The van der Waals surface area contributed by atoms with Crippen molar-refractivity contribution in [2.75, 3.05) is 0 Å². The van der Waals surface area contributed by atoms with Gasteiger partial charge in [0.25, 0.3) is 0 Å². The van der Waals surface area contributed by atoms with Crippen molar-refractivity contribution in [2.45, 2.75) is 6.61 Å². The van der Waals surface area contributed by atoms with Crippen molar-refractivity contribution in [3.63, 3.8) is 0 Å². The van der Waals surface area contributed by atoms with Gasteiger partial charge in [-0.15, -0.1) is 0 Å². The van der Waals surface area contributed by atoms with E-state index in [0.717, 1.165) is 5.76 Å². The van der Waals surface area contributed by atoms with E-state index in [1.54, 1.807) is 0 Å². The smallest absolute Gasteiger partial charge is 0.113 e. The van der Waals surface area contributed by atoms with Gasteiger partial charge in [-0.3, -0.25) is 0 Å². The Morgan fingerprint density at radius 3 is 3.00 bits per heavy atom. The molecule has 0 bridgehead atoms. The van der Waals surface area contributed by atoms with Gasteiger partial charge in [0.2, 0.25) is 0 Å². The summed E-state index contributed by atoms with van der Waals surface area (Å²) in [5.74, 6) is 0.753. The zero-order valence-electron chi connectivity index (χ0n) is 6.21. The second-order valence-electron chi connectivity index (χ2n) is 2.60. The van der Waals surface area contributed by atoms with Gasteiger partial charge in [0, 0.05) is 6.92 Å². The zero-order chi connectivity index (χ0) is 7.68. The third kappa shape index (κ3) is 1.14. The standard InChI is InChI=1S/C10H9O/c1-8-6-9-4-2-3-5-10(9)7-11-8/h2-6H,1,7H2. The van der Waals surface area contributed by atoms with Gasteiger partial charge in [-0.25, -0.2) is 0 Å². The van der Waals surface area contributed by atoms with Crippen molar-refractivity contribution >= 4 is 6.08 Å². The van der Waals surface area contributed by atoms with E-state index in [0.29, 0.717) is 6.61 Å². The maximum atomic E-state index is 5.25. The van der Waals surface area contributed by atoms with Crippen molar-refractivity contribution in [2.24, 2.45) is 0 Å². The van der Waals surface area contributed by atoms with E-state index in [9.17, 15) is 0 Å². The van der Waals surface area contributed by atoms with E-state index < -0.39 is 0 Å². The van der Waals surface area contributed by atoms with Crippen LogP contribution in [0.25, 0.3) is 6.08 Å². The van der Waals surface area contributed by atoms with Gasteiger partial charge < -0.3 is 4.74 Å². The molecule has 1 heteroatoms. The summed E-state index contributed by atoms with van der Waals surface area (Å²) >= 11 is 0. The zero-order valence-corrected chi connectivity index (χ0v) is 6.21. The minimum atomic E-state index is 0.658. The Kier molecular flexibility index (Phi) is 1.42. The lowest BCUT2D eigenvalue weighted by molar-refractivity contribution is 0.208. The van der Waals surface area contributed by atoms with Crippen LogP contribution < -0.4 is 0 Å². The van der Waals surface area contributed by atoms with E-state index in [1.807, 2.05) is 18.2 Å². The van der Waals surface area contributed by atoms with Gasteiger partial charge >= 0.3 is 0 Å². The van der Waals surface area contributed by atoms with E-state index in [-0.39, 0.29) is 0 Å². The lowest BCUT2D eigenvalue weighted by Crippen LogP contribution is -1.99. The molecule has 1 aliphatic heterocycles. The molecule has 2 rings (SSSR count). The molecule has 11 heavy (non-hydrogen) atoms. The fourth-order valence-electron chi connectivity index (χ4n) is 1.19. The average molecular weight is 145 g/mol. The maximum absolute atomic E-state index is 5.25. The molecular formula is C10H9O. The van der Waals surface area contributed by atoms with E-state index in [4.69, 9.17) is 4.74 Å². The van der Waals surface area contributed by atoms with Crippen molar-refractivity contribution in [3.05, 3.63) is 48.1 Å². The lowest BCUT2D eigenvalue weighted by atomic mass is 10.1. The van der Waals surface area contributed by atoms with Crippen molar-refractivity contribution in [3.8, 4) is 0 Å². The molecule has 1 aliphatic rings. The van der Waals surface area contributed by atoms with Gasteiger partial charge in [-0.05, 0) is 17.2 Å². The SMILES string of the molecule is [CH2]C1=Cc2ccccc2CO1. The predicted octanol–water partition coefficient (Wildman–Crippen LogP) is 2.39. The Morgan fingerprint density at radius 1 is 1.27 bits per heavy atom. The first-order chi connectivity index (χ1) is 5.36.